The molecule has 2 unspecified atom stereocenters. The molecule has 0 aliphatic carbocycles. The second-order valence-electron chi connectivity index (χ2n) is 10.5. The van der Waals surface area contributed by atoms with Gasteiger partial charge in [-0.1, -0.05) is 38.3 Å². The van der Waals surface area contributed by atoms with Crippen molar-refractivity contribution in [2.24, 2.45) is 0 Å². The number of H-pyrrole nitrogens is 1. The lowest BCUT2D eigenvalue weighted by Gasteiger charge is -2.31. The zero-order valence-electron chi connectivity index (χ0n) is 22.2. The normalized spacial score (nSPS) is 20.2. The molecule has 0 radical (unpaired) electrons. The summed E-state index contributed by atoms with van der Waals surface area (Å²) in [6.45, 7) is 6.71. The van der Waals surface area contributed by atoms with Gasteiger partial charge in [0.1, 0.15) is 22.9 Å². The van der Waals surface area contributed by atoms with Crippen molar-refractivity contribution in [2.45, 2.75) is 65.0 Å². The molecule has 1 fully saturated rings. The number of hydrogen-bond acceptors (Lipinski definition) is 6. The number of carbonyl (C=O) groups is 1. The number of aromatic hydroxyl groups is 1. The van der Waals surface area contributed by atoms with E-state index in [9.17, 15) is 18.3 Å². The lowest BCUT2D eigenvalue weighted by molar-refractivity contribution is 0.0677. The van der Waals surface area contributed by atoms with Crippen LogP contribution in [0, 0.1) is 13.8 Å². The molecule has 202 valence electrons. The summed E-state index contributed by atoms with van der Waals surface area (Å²) >= 11 is 0. The predicted octanol–water partition coefficient (Wildman–Crippen LogP) is 5.09. The van der Waals surface area contributed by atoms with Crippen LogP contribution in [0.15, 0.2) is 36.4 Å². The van der Waals surface area contributed by atoms with E-state index >= 15 is 0 Å². The molecule has 9 heteroatoms. The minimum absolute atomic E-state index is 0.0594. The third-order valence-electron chi connectivity index (χ3n) is 7.74. The monoisotopic (exact) mass is 537 g/mol. The number of aromatic nitrogens is 2. The minimum Gasteiger partial charge on any atom is -0.507 e. The second-order valence-corrected chi connectivity index (χ2v) is 12.7. The third-order valence-corrected chi connectivity index (χ3v) is 9.49. The molecule has 2 aromatic carbocycles. The van der Waals surface area contributed by atoms with Gasteiger partial charge in [0, 0.05) is 17.2 Å². The predicted molar refractivity (Wildman–Crippen MR) is 146 cm³/mol. The Morgan fingerprint density at radius 1 is 1.11 bits per heavy atom. The summed E-state index contributed by atoms with van der Waals surface area (Å²) in [5.74, 6) is 0.572. The fraction of sp³-hybridized carbons (Fsp3) is 0.448. The van der Waals surface area contributed by atoms with Gasteiger partial charge in [-0.15, -0.1) is 0 Å². The zero-order valence-corrected chi connectivity index (χ0v) is 23.0. The van der Waals surface area contributed by atoms with E-state index in [0.717, 1.165) is 35.3 Å². The van der Waals surface area contributed by atoms with Gasteiger partial charge in [0.2, 0.25) is 0 Å². The van der Waals surface area contributed by atoms with Gasteiger partial charge in [-0.05, 0) is 67.6 Å². The van der Waals surface area contributed by atoms with Crippen LogP contribution in [-0.4, -0.2) is 58.7 Å². The van der Waals surface area contributed by atoms with E-state index in [1.165, 1.54) is 12.8 Å². The number of benzene rings is 2. The summed E-state index contributed by atoms with van der Waals surface area (Å²) in [4.78, 5) is 15.4. The van der Waals surface area contributed by atoms with Crippen LogP contribution in [0.5, 0.6) is 11.5 Å². The summed E-state index contributed by atoms with van der Waals surface area (Å²) in [7, 11) is -3.22. The van der Waals surface area contributed by atoms with Gasteiger partial charge >= 0.3 is 0 Å². The van der Waals surface area contributed by atoms with Gasteiger partial charge in [0.25, 0.3) is 5.91 Å². The van der Waals surface area contributed by atoms with Crippen molar-refractivity contribution in [3.63, 3.8) is 0 Å². The molecule has 1 aromatic heterocycles. The molecule has 2 N–H and O–H groups in total. The quantitative estimate of drug-likeness (QED) is 0.368. The minimum atomic E-state index is -3.22. The average Bonchev–Trinajstić information content (AvgIpc) is 3.55. The van der Waals surface area contributed by atoms with Crippen LogP contribution < -0.4 is 4.74 Å². The Bertz CT molecular complexity index is 1450. The SMILES string of the molecule is CCCCCCOc1ccc(C2c3c(-c4cc(C)c(C)cc4O)n[nH]c3C(=O)N2C2CCS(=O)(=O)C2)cc1. The van der Waals surface area contributed by atoms with Gasteiger partial charge in [-0.25, -0.2) is 8.42 Å². The Morgan fingerprint density at radius 2 is 1.84 bits per heavy atom. The highest BCUT2D eigenvalue weighted by Crippen LogP contribution is 2.47. The molecule has 2 aliphatic rings. The first-order valence-electron chi connectivity index (χ1n) is 13.3. The number of aromatic amines is 1. The molecule has 3 aromatic rings. The van der Waals surface area contributed by atoms with Crippen LogP contribution in [0.4, 0.5) is 0 Å². The first-order chi connectivity index (χ1) is 18.2. The highest BCUT2D eigenvalue weighted by molar-refractivity contribution is 7.91. The Labute approximate surface area is 223 Å². The maximum absolute atomic E-state index is 13.7. The summed E-state index contributed by atoms with van der Waals surface area (Å²) in [5, 5.41) is 18.2. The van der Waals surface area contributed by atoms with Crippen molar-refractivity contribution in [1.82, 2.24) is 15.1 Å². The molecular formula is C29H35N3O5S. The molecule has 1 saturated heterocycles. The lowest BCUT2D eigenvalue weighted by Crippen LogP contribution is -2.40. The largest absolute Gasteiger partial charge is 0.507 e. The lowest BCUT2D eigenvalue weighted by atomic mass is 9.93. The molecule has 2 aliphatic heterocycles. The van der Waals surface area contributed by atoms with Crippen LogP contribution >= 0.6 is 0 Å². The van der Waals surface area contributed by atoms with Crippen molar-refractivity contribution < 1.29 is 23.1 Å². The highest BCUT2D eigenvalue weighted by atomic mass is 32.2. The fourth-order valence-corrected chi connectivity index (χ4v) is 7.24. The number of nitrogens with one attached hydrogen (secondary N) is 1. The molecule has 3 heterocycles. The number of rotatable bonds is 9. The summed E-state index contributed by atoms with van der Waals surface area (Å²) in [6, 6.07) is 10.3. The number of nitrogens with zero attached hydrogens (tertiary/aromatic N) is 2. The van der Waals surface area contributed by atoms with E-state index in [4.69, 9.17) is 4.74 Å². The van der Waals surface area contributed by atoms with Gasteiger partial charge in [0.05, 0.1) is 24.2 Å². The molecule has 8 nitrogen and oxygen atoms in total. The number of phenolic OH excluding ortho intramolecular Hbond substituents is 1. The smallest absolute Gasteiger partial charge is 0.273 e. The topological polar surface area (TPSA) is 113 Å². The number of fused-ring (bicyclic) bond motifs is 1. The number of sulfone groups is 1. The van der Waals surface area contributed by atoms with Crippen molar-refractivity contribution >= 4 is 15.7 Å². The van der Waals surface area contributed by atoms with Gasteiger partial charge in [-0.2, -0.15) is 5.10 Å². The molecule has 0 spiro atoms. The van der Waals surface area contributed by atoms with Crippen LogP contribution in [0.2, 0.25) is 0 Å². The fourth-order valence-electron chi connectivity index (χ4n) is 5.53. The first-order valence-corrected chi connectivity index (χ1v) is 15.2. The number of ether oxygens (including phenoxy) is 1. The standard InChI is InChI=1S/C29H35N3O5S/c1-4-5-6-7-13-37-22-10-8-20(9-11-22)28-25-26(23-15-18(2)19(3)16-24(23)33)30-31-27(25)29(34)32(28)21-12-14-38(35,36)17-21/h8-11,15-16,21,28,33H,4-7,12-14,17H2,1-3H3,(H,30,31). The van der Waals surface area contributed by atoms with Crippen molar-refractivity contribution in [1.29, 1.82) is 0 Å². The zero-order chi connectivity index (χ0) is 27.0. The van der Waals surface area contributed by atoms with E-state index in [-0.39, 0.29) is 23.2 Å². The van der Waals surface area contributed by atoms with Crippen molar-refractivity contribution in [3.8, 4) is 22.8 Å². The summed E-state index contributed by atoms with van der Waals surface area (Å²) < 4.78 is 30.6. The molecular weight excluding hydrogens is 502 g/mol. The van der Waals surface area contributed by atoms with E-state index in [2.05, 4.69) is 17.1 Å². The Kier molecular flexibility index (Phi) is 7.22. The summed E-state index contributed by atoms with van der Waals surface area (Å²) in [5.41, 5.74) is 4.82. The van der Waals surface area contributed by atoms with Crippen molar-refractivity contribution in [3.05, 3.63) is 64.3 Å². The third kappa shape index (κ3) is 4.91. The van der Waals surface area contributed by atoms with E-state index in [1.54, 1.807) is 11.0 Å². The number of unbranched alkanes of at least 4 members (excludes halogenated alkanes) is 3. The molecule has 0 bridgehead atoms. The van der Waals surface area contributed by atoms with Crippen molar-refractivity contribution in [2.75, 3.05) is 18.1 Å². The molecule has 38 heavy (non-hydrogen) atoms. The molecule has 5 rings (SSSR count). The van der Waals surface area contributed by atoms with Crippen LogP contribution in [-0.2, 0) is 9.84 Å². The maximum atomic E-state index is 13.7. The second kappa shape index (κ2) is 10.4. The Morgan fingerprint density at radius 3 is 2.53 bits per heavy atom. The Balaban J connectivity index is 1.53. The Hall–Kier alpha value is -3.33. The summed E-state index contributed by atoms with van der Waals surface area (Å²) in [6.07, 6.45) is 4.89. The molecule has 1 amide bonds. The van der Waals surface area contributed by atoms with Crippen LogP contribution in [0.25, 0.3) is 11.3 Å². The van der Waals surface area contributed by atoms with E-state index in [0.29, 0.717) is 35.5 Å². The van der Waals surface area contributed by atoms with Crippen LogP contribution in [0.1, 0.15) is 77.8 Å². The van der Waals surface area contributed by atoms with Gasteiger partial charge in [0.15, 0.2) is 9.84 Å². The highest BCUT2D eigenvalue weighted by Gasteiger charge is 2.48. The molecule has 2 atom stereocenters. The van der Waals surface area contributed by atoms with Crippen LogP contribution in [0.3, 0.4) is 0 Å². The first kappa shape index (κ1) is 26.3. The number of aryl methyl sites for hydroxylation is 2. The maximum Gasteiger partial charge on any atom is 0.273 e. The number of carbonyl (C=O) groups excluding carboxylic acids is 1. The van der Waals surface area contributed by atoms with E-state index < -0.39 is 21.9 Å². The van der Waals surface area contributed by atoms with Gasteiger partial charge in [-0.3, -0.25) is 9.89 Å². The van der Waals surface area contributed by atoms with E-state index in [1.807, 2.05) is 44.2 Å². The molecule has 0 saturated carbocycles. The van der Waals surface area contributed by atoms with Gasteiger partial charge < -0.3 is 14.7 Å². The number of hydrogen-bond donors (Lipinski definition) is 2. The number of phenols is 1. The average molecular weight is 538 g/mol. The number of amides is 1.